The summed E-state index contributed by atoms with van der Waals surface area (Å²) in [6.45, 7) is -0.969. The molecule has 0 radical (unpaired) electrons. The minimum absolute atomic E-state index is 0.118. The molecule has 0 aliphatic carbocycles. The highest BCUT2D eigenvalue weighted by molar-refractivity contribution is 7.74. The third kappa shape index (κ3) is 6.76. The van der Waals surface area contributed by atoms with Gasteiger partial charge in [-0.1, -0.05) is 0 Å². The molecular formula is C10H18N3O13P3. The van der Waals surface area contributed by atoms with Crippen LogP contribution in [0.1, 0.15) is 6.23 Å². The first-order chi connectivity index (χ1) is 13.1. The van der Waals surface area contributed by atoms with Crippen LogP contribution < -0.4 is 11.4 Å². The van der Waals surface area contributed by atoms with Crippen molar-refractivity contribution < 1.29 is 57.1 Å². The molecule has 2 heterocycles. The van der Waals surface area contributed by atoms with Gasteiger partial charge in [0, 0.05) is 6.20 Å². The quantitative estimate of drug-likeness (QED) is 0.196. The van der Waals surface area contributed by atoms with Crippen LogP contribution in [0.2, 0.25) is 0 Å². The van der Waals surface area contributed by atoms with E-state index in [1.54, 1.807) is 0 Å². The zero-order valence-electron chi connectivity index (χ0n) is 14.2. The zero-order chi connectivity index (χ0) is 22.2. The van der Waals surface area contributed by atoms with Gasteiger partial charge in [-0.3, -0.25) is 13.7 Å². The van der Waals surface area contributed by atoms with Gasteiger partial charge in [-0.25, -0.2) is 13.7 Å². The second kappa shape index (κ2) is 8.63. The van der Waals surface area contributed by atoms with Crippen molar-refractivity contribution in [3.63, 3.8) is 0 Å². The minimum Gasteiger partial charge on any atom is -0.387 e. The summed E-state index contributed by atoms with van der Waals surface area (Å²) in [5.41, 5.74) is 4.41. The molecule has 1 aliphatic rings. The highest BCUT2D eigenvalue weighted by Gasteiger charge is 2.47. The summed E-state index contributed by atoms with van der Waals surface area (Å²) in [5.74, 6) is -1.78. The number of aliphatic hydroxyl groups excluding tert-OH is 2. The average molecular weight is 481 g/mol. The third-order valence-electron chi connectivity index (χ3n) is 3.49. The number of nitrogens with zero attached hydrogens (tertiary/aromatic N) is 2. The maximum absolute atomic E-state index is 12.3. The molecule has 1 saturated heterocycles. The summed E-state index contributed by atoms with van der Waals surface area (Å²) in [5, 5.41) is 20.1. The number of anilines is 1. The van der Waals surface area contributed by atoms with Crippen molar-refractivity contribution in [2.24, 2.45) is 0 Å². The van der Waals surface area contributed by atoms with Crippen molar-refractivity contribution in [1.82, 2.24) is 9.55 Å². The summed E-state index contributed by atoms with van der Waals surface area (Å²) in [6, 6.07) is 1.20. The topological polar surface area (TPSA) is 261 Å². The minimum atomic E-state index is -5.48. The molecule has 1 aromatic rings. The van der Waals surface area contributed by atoms with Gasteiger partial charge in [0.25, 0.3) is 0 Å². The Morgan fingerprint density at radius 3 is 2.31 bits per heavy atom. The second-order valence-electron chi connectivity index (χ2n) is 5.87. The molecule has 1 unspecified atom stereocenters. The Morgan fingerprint density at radius 1 is 1.17 bits per heavy atom. The number of hydrogen-bond donors (Lipinski definition) is 7. The lowest BCUT2D eigenvalue weighted by Crippen LogP contribution is -2.36. The van der Waals surface area contributed by atoms with Crippen LogP contribution in [0.5, 0.6) is 0 Å². The van der Waals surface area contributed by atoms with Gasteiger partial charge in [0.1, 0.15) is 24.1 Å². The lowest BCUT2D eigenvalue weighted by molar-refractivity contribution is -0.0523. The Bertz CT molecular complexity index is 912. The molecule has 1 aliphatic heterocycles. The van der Waals surface area contributed by atoms with Crippen LogP contribution >= 0.6 is 23.0 Å². The van der Waals surface area contributed by atoms with Crippen molar-refractivity contribution in [2.45, 2.75) is 24.5 Å². The number of phosphoric acid groups is 1. The molecular weight excluding hydrogens is 463 g/mol. The Labute approximate surface area is 161 Å². The summed E-state index contributed by atoms with van der Waals surface area (Å²) in [7, 11) is -15.7. The third-order valence-corrected chi connectivity index (χ3v) is 8.73. The van der Waals surface area contributed by atoms with E-state index < -0.39 is 65.8 Å². The lowest BCUT2D eigenvalue weighted by Gasteiger charge is -2.22. The van der Waals surface area contributed by atoms with Crippen LogP contribution in [0.15, 0.2) is 17.1 Å². The summed E-state index contributed by atoms with van der Waals surface area (Å²) >= 11 is 0. The molecule has 1 aromatic heterocycles. The van der Waals surface area contributed by atoms with E-state index in [0.717, 1.165) is 10.8 Å². The Kier molecular flexibility index (Phi) is 7.23. The van der Waals surface area contributed by atoms with Gasteiger partial charge in [-0.15, -0.1) is 0 Å². The summed E-state index contributed by atoms with van der Waals surface area (Å²) < 4.78 is 48.9. The van der Waals surface area contributed by atoms with E-state index in [2.05, 4.69) is 13.8 Å². The first-order valence-corrected chi connectivity index (χ1v) is 12.6. The maximum Gasteiger partial charge on any atom is 0.476 e. The molecule has 8 N–H and O–H groups in total. The van der Waals surface area contributed by atoms with Crippen LogP contribution in [0, 0.1) is 0 Å². The average Bonchev–Trinajstić information content (AvgIpc) is 2.77. The van der Waals surface area contributed by atoms with Crippen LogP contribution in [0.3, 0.4) is 0 Å². The standard InChI is InChI=1S/C10H18N3O13P3/c11-6-1-2-13(10(16)12-6)9-8(15)7(14)5(25-9)3-24-28(20,4-27(17,18)19)26-29(21,22)23/h1-2,5,7-9,14-15H,3-4H2,(H2,11,12,16)(H2,17,18,19)(H2,21,22,23)/t5-,7-,8-,9-,28?/m1/s1. The highest BCUT2D eigenvalue weighted by Crippen LogP contribution is 2.66. The molecule has 1 fully saturated rings. The van der Waals surface area contributed by atoms with Crippen LogP contribution in [0.25, 0.3) is 0 Å². The molecule has 5 atom stereocenters. The fraction of sp³-hybridized carbons (Fsp3) is 0.600. The zero-order valence-corrected chi connectivity index (χ0v) is 16.9. The molecule has 0 amide bonds. The van der Waals surface area contributed by atoms with E-state index in [9.17, 15) is 28.7 Å². The van der Waals surface area contributed by atoms with Gasteiger partial charge in [-0.2, -0.15) is 4.98 Å². The number of aromatic nitrogens is 2. The molecule has 16 nitrogen and oxygen atoms in total. The van der Waals surface area contributed by atoms with Crippen LogP contribution in [0.4, 0.5) is 5.82 Å². The fourth-order valence-corrected chi connectivity index (χ4v) is 7.04. The van der Waals surface area contributed by atoms with Gasteiger partial charge < -0.3 is 44.8 Å². The van der Waals surface area contributed by atoms with E-state index in [0.29, 0.717) is 0 Å². The van der Waals surface area contributed by atoms with Gasteiger partial charge in [0.2, 0.25) is 0 Å². The van der Waals surface area contributed by atoms with Crippen molar-refractivity contribution in [2.75, 3.05) is 18.2 Å². The van der Waals surface area contributed by atoms with E-state index in [1.165, 1.54) is 6.07 Å². The van der Waals surface area contributed by atoms with Gasteiger partial charge in [0.05, 0.1) is 6.61 Å². The number of hydrogen-bond acceptors (Lipinski definition) is 11. The van der Waals surface area contributed by atoms with Gasteiger partial charge in [-0.05, 0) is 6.07 Å². The number of ether oxygens (including phenoxy) is 1. The van der Waals surface area contributed by atoms with Gasteiger partial charge >= 0.3 is 28.7 Å². The first-order valence-electron chi connectivity index (χ1n) is 7.51. The largest absolute Gasteiger partial charge is 0.476 e. The molecule has 29 heavy (non-hydrogen) atoms. The molecule has 0 bridgehead atoms. The predicted molar refractivity (Wildman–Crippen MR) is 92.4 cm³/mol. The van der Waals surface area contributed by atoms with E-state index in [1.807, 2.05) is 0 Å². The number of rotatable bonds is 8. The normalized spacial score (nSPS) is 27.7. The Morgan fingerprint density at radius 2 is 1.79 bits per heavy atom. The molecule has 2 rings (SSSR count). The molecule has 166 valence electrons. The van der Waals surface area contributed by atoms with Crippen LogP contribution in [-0.2, 0) is 27.3 Å². The Hall–Kier alpha value is -0.990. The monoisotopic (exact) mass is 481 g/mol. The predicted octanol–water partition coefficient (Wildman–Crippen LogP) is -2.10. The van der Waals surface area contributed by atoms with Crippen molar-refractivity contribution in [3.8, 4) is 0 Å². The second-order valence-corrected chi connectivity index (χ2v) is 11.4. The van der Waals surface area contributed by atoms with Crippen molar-refractivity contribution >= 4 is 28.8 Å². The summed E-state index contributed by atoms with van der Waals surface area (Å²) in [4.78, 5) is 50.7. The Balaban J connectivity index is 2.17. The van der Waals surface area contributed by atoms with Gasteiger partial charge in [0.15, 0.2) is 12.1 Å². The number of nitrogen functional groups attached to an aromatic ring is 1. The summed E-state index contributed by atoms with van der Waals surface area (Å²) in [6.07, 6.45) is -5.35. The number of nitrogens with two attached hydrogens (primary N) is 1. The SMILES string of the molecule is Nc1ccn([C@@H]2O[C@H](COP(=O)(CP(=O)(O)O)OP(=O)(O)O)[C@@H](O)[C@H]2O)c(=O)n1. The maximum atomic E-state index is 12.3. The number of aliphatic hydroxyl groups is 2. The van der Waals surface area contributed by atoms with E-state index >= 15 is 0 Å². The molecule has 0 saturated carbocycles. The molecule has 0 spiro atoms. The van der Waals surface area contributed by atoms with E-state index in [4.69, 9.17) is 30.0 Å². The van der Waals surface area contributed by atoms with Crippen LogP contribution in [-0.4, -0.2) is 70.2 Å². The van der Waals surface area contributed by atoms with Crippen molar-refractivity contribution in [3.05, 3.63) is 22.7 Å². The smallest absolute Gasteiger partial charge is 0.387 e. The molecule has 19 heteroatoms. The lowest BCUT2D eigenvalue weighted by atomic mass is 10.1. The molecule has 0 aromatic carbocycles. The van der Waals surface area contributed by atoms with Crippen molar-refractivity contribution in [1.29, 1.82) is 0 Å². The first kappa shape index (κ1) is 24.3. The fourth-order valence-electron chi connectivity index (χ4n) is 2.38. The van der Waals surface area contributed by atoms with E-state index in [-0.39, 0.29) is 5.82 Å². The highest BCUT2D eigenvalue weighted by atomic mass is 31.3.